The van der Waals surface area contributed by atoms with Gasteiger partial charge in [-0.05, 0) is 43.1 Å². The Morgan fingerprint density at radius 1 is 1.15 bits per heavy atom. The van der Waals surface area contributed by atoms with Crippen LogP contribution in [0.2, 0.25) is 0 Å². The minimum absolute atomic E-state index is 0.0940. The van der Waals surface area contributed by atoms with Crippen LogP contribution in [0.1, 0.15) is 37.4 Å². The zero-order valence-electron chi connectivity index (χ0n) is 12.0. The van der Waals surface area contributed by atoms with Gasteiger partial charge in [-0.1, -0.05) is 13.0 Å². The van der Waals surface area contributed by atoms with Gasteiger partial charge < -0.3 is 10.1 Å². The fourth-order valence-electron chi connectivity index (χ4n) is 2.10. The molecule has 2 heterocycles. The molecule has 0 aliphatic carbocycles. The number of aromatic nitrogens is 2. The Morgan fingerprint density at radius 2 is 2.00 bits per heavy atom. The van der Waals surface area contributed by atoms with Gasteiger partial charge in [0.1, 0.15) is 5.75 Å². The van der Waals surface area contributed by atoms with Crippen molar-refractivity contribution in [1.82, 2.24) is 15.3 Å². The van der Waals surface area contributed by atoms with Gasteiger partial charge in [0.05, 0.1) is 18.8 Å². The number of hydrogen-bond acceptors (Lipinski definition) is 4. The average Bonchev–Trinajstić information content (AvgIpc) is 2.50. The third-order valence-corrected chi connectivity index (χ3v) is 2.99. The Kier molecular flexibility index (Phi) is 5.50. The van der Waals surface area contributed by atoms with E-state index in [0.29, 0.717) is 6.61 Å². The second kappa shape index (κ2) is 7.60. The van der Waals surface area contributed by atoms with Gasteiger partial charge >= 0.3 is 0 Å². The molecule has 0 aromatic carbocycles. The van der Waals surface area contributed by atoms with Gasteiger partial charge in [0.15, 0.2) is 0 Å². The third-order valence-electron chi connectivity index (χ3n) is 2.99. The summed E-state index contributed by atoms with van der Waals surface area (Å²) in [5, 5.41) is 3.54. The fraction of sp³-hybridized carbons (Fsp3) is 0.375. The Morgan fingerprint density at radius 3 is 2.70 bits per heavy atom. The lowest BCUT2D eigenvalue weighted by Gasteiger charge is -2.19. The molecule has 2 aromatic heterocycles. The van der Waals surface area contributed by atoms with Gasteiger partial charge in [0.25, 0.3) is 0 Å². The predicted molar refractivity (Wildman–Crippen MR) is 79.8 cm³/mol. The highest BCUT2D eigenvalue weighted by atomic mass is 16.5. The van der Waals surface area contributed by atoms with Crippen LogP contribution < -0.4 is 10.1 Å². The van der Waals surface area contributed by atoms with Crippen LogP contribution in [0.4, 0.5) is 0 Å². The van der Waals surface area contributed by atoms with E-state index in [1.807, 2.05) is 31.5 Å². The minimum atomic E-state index is 0.0940. The summed E-state index contributed by atoms with van der Waals surface area (Å²) in [5.41, 5.74) is 2.23. The molecule has 20 heavy (non-hydrogen) atoms. The molecule has 0 amide bonds. The van der Waals surface area contributed by atoms with E-state index >= 15 is 0 Å². The summed E-state index contributed by atoms with van der Waals surface area (Å²) in [6, 6.07) is 6.16. The van der Waals surface area contributed by atoms with E-state index in [2.05, 4.69) is 28.3 Å². The molecule has 1 N–H and O–H groups in total. The van der Waals surface area contributed by atoms with E-state index in [1.54, 1.807) is 12.4 Å². The molecule has 0 aliphatic rings. The third kappa shape index (κ3) is 3.78. The Hall–Kier alpha value is -1.94. The molecular formula is C16H21N3O. The van der Waals surface area contributed by atoms with E-state index in [0.717, 1.165) is 29.8 Å². The first-order valence-electron chi connectivity index (χ1n) is 7.06. The SMILES string of the molecule is CCCNC(c1cccnc1)c1cncc(OCC)c1. The lowest BCUT2D eigenvalue weighted by molar-refractivity contribution is 0.338. The van der Waals surface area contributed by atoms with Crippen LogP contribution in [-0.4, -0.2) is 23.1 Å². The van der Waals surface area contributed by atoms with Crippen LogP contribution in [0.3, 0.4) is 0 Å². The lowest BCUT2D eigenvalue weighted by atomic mass is 10.0. The zero-order valence-corrected chi connectivity index (χ0v) is 12.0. The number of ether oxygens (including phenoxy) is 1. The maximum atomic E-state index is 5.53. The van der Waals surface area contributed by atoms with Crippen LogP contribution >= 0.6 is 0 Å². The molecule has 1 unspecified atom stereocenters. The Labute approximate surface area is 120 Å². The first kappa shape index (κ1) is 14.5. The second-order valence-corrected chi connectivity index (χ2v) is 4.56. The van der Waals surface area contributed by atoms with Gasteiger partial charge in [-0.15, -0.1) is 0 Å². The van der Waals surface area contributed by atoms with E-state index in [1.165, 1.54) is 0 Å². The number of hydrogen-bond donors (Lipinski definition) is 1. The minimum Gasteiger partial charge on any atom is -0.492 e. The molecule has 4 heteroatoms. The van der Waals surface area contributed by atoms with Crippen LogP contribution in [0.25, 0.3) is 0 Å². The van der Waals surface area contributed by atoms with Crippen molar-refractivity contribution >= 4 is 0 Å². The summed E-state index contributed by atoms with van der Waals surface area (Å²) in [7, 11) is 0. The first-order chi connectivity index (χ1) is 9.85. The molecule has 0 fully saturated rings. The molecular weight excluding hydrogens is 250 g/mol. The summed E-state index contributed by atoms with van der Waals surface area (Å²) in [4.78, 5) is 8.48. The van der Waals surface area contributed by atoms with E-state index in [9.17, 15) is 0 Å². The van der Waals surface area contributed by atoms with Crippen LogP contribution in [0.15, 0.2) is 43.0 Å². The molecule has 106 valence electrons. The summed E-state index contributed by atoms with van der Waals surface area (Å²) in [5.74, 6) is 0.803. The maximum absolute atomic E-state index is 5.53. The van der Waals surface area contributed by atoms with Gasteiger partial charge in [-0.2, -0.15) is 0 Å². The van der Waals surface area contributed by atoms with Gasteiger partial charge in [0.2, 0.25) is 0 Å². The van der Waals surface area contributed by atoms with E-state index in [-0.39, 0.29) is 6.04 Å². The van der Waals surface area contributed by atoms with Crippen molar-refractivity contribution in [1.29, 1.82) is 0 Å². The molecule has 0 aliphatic heterocycles. The van der Waals surface area contributed by atoms with Gasteiger partial charge in [0, 0.05) is 18.6 Å². The Bertz CT molecular complexity index is 516. The average molecular weight is 271 g/mol. The molecule has 2 rings (SSSR count). The summed E-state index contributed by atoms with van der Waals surface area (Å²) < 4.78 is 5.53. The van der Waals surface area contributed by atoms with E-state index in [4.69, 9.17) is 4.74 Å². The number of nitrogens with one attached hydrogen (secondary N) is 1. The monoisotopic (exact) mass is 271 g/mol. The molecule has 2 aromatic rings. The number of pyridine rings is 2. The summed E-state index contributed by atoms with van der Waals surface area (Å²) in [6.45, 7) is 5.71. The van der Waals surface area contributed by atoms with Crippen LogP contribution in [0, 0.1) is 0 Å². The van der Waals surface area contributed by atoms with Crippen LogP contribution in [-0.2, 0) is 0 Å². The van der Waals surface area contributed by atoms with Crippen molar-refractivity contribution in [3.8, 4) is 5.75 Å². The fourth-order valence-corrected chi connectivity index (χ4v) is 2.10. The molecule has 1 atom stereocenters. The highest BCUT2D eigenvalue weighted by Crippen LogP contribution is 2.23. The highest BCUT2D eigenvalue weighted by molar-refractivity contribution is 5.32. The zero-order chi connectivity index (χ0) is 14.2. The smallest absolute Gasteiger partial charge is 0.137 e. The van der Waals surface area contributed by atoms with Crippen LogP contribution in [0.5, 0.6) is 5.75 Å². The predicted octanol–water partition coefficient (Wildman–Crippen LogP) is 2.96. The topological polar surface area (TPSA) is 47.0 Å². The van der Waals surface area contributed by atoms with Gasteiger partial charge in [-0.3, -0.25) is 9.97 Å². The number of rotatable bonds is 7. The normalized spacial score (nSPS) is 12.1. The van der Waals surface area contributed by atoms with Crippen molar-refractivity contribution < 1.29 is 4.74 Å². The molecule has 0 saturated heterocycles. The van der Waals surface area contributed by atoms with Crippen molar-refractivity contribution in [2.45, 2.75) is 26.3 Å². The standard InChI is InChI=1S/C16H21N3O/c1-3-7-19-16(13-6-5-8-17-10-13)14-9-15(20-4-2)12-18-11-14/h5-6,8-12,16,19H,3-4,7H2,1-2H3. The summed E-state index contributed by atoms with van der Waals surface area (Å²) >= 11 is 0. The molecule has 0 radical (unpaired) electrons. The highest BCUT2D eigenvalue weighted by Gasteiger charge is 2.14. The quantitative estimate of drug-likeness (QED) is 0.841. The second-order valence-electron chi connectivity index (χ2n) is 4.56. The first-order valence-corrected chi connectivity index (χ1v) is 7.06. The largest absolute Gasteiger partial charge is 0.492 e. The van der Waals surface area contributed by atoms with E-state index < -0.39 is 0 Å². The molecule has 4 nitrogen and oxygen atoms in total. The summed E-state index contributed by atoms with van der Waals surface area (Å²) in [6.07, 6.45) is 8.38. The van der Waals surface area contributed by atoms with Crippen molar-refractivity contribution in [3.63, 3.8) is 0 Å². The van der Waals surface area contributed by atoms with Crippen molar-refractivity contribution in [3.05, 3.63) is 54.1 Å². The molecule has 0 saturated carbocycles. The molecule has 0 bridgehead atoms. The molecule has 0 spiro atoms. The lowest BCUT2D eigenvalue weighted by Crippen LogP contribution is -2.23. The maximum Gasteiger partial charge on any atom is 0.137 e. The van der Waals surface area contributed by atoms with Gasteiger partial charge in [-0.25, -0.2) is 0 Å². The van der Waals surface area contributed by atoms with Crippen molar-refractivity contribution in [2.75, 3.05) is 13.2 Å². The number of nitrogens with zero attached hydrogens (tertiary/aromatic N) is 2. The Balaban J connectivity index is 2.28. The van der Waals surface area contributed by atoms with Crippen molar-refractivity contribution in [2.24, 2.45) is 0 Å².